The van der Waals surface area contributed by atoms with E-state index in [2.05, 4.69) is 46.7 Å². The summed E-state index contributed by atoms with van der Waals surface area (Å²) in [5.41, 5.74) is 3.74. The molecular formula is C22H29N5O. The summed E-state index contributed by atoms with van der Waals surface area (Å²) in [5, 5.41) is 4.43. The molecule has 1 unspecified atom stereocenters. The number of hydrogen-bond donors (Lipinski definition) is 0. The molecule has 148 valence electrons. The summed E-state index contributed by atoms with van der Waals surface area (Å²) in [7, 11) is 1.70. The van der Waals surface area contributed by atoms with E-state index in [1.165, 1.54) is 29.1 Å². The summed E-state index contributed by atoms with van der Waals surface area (Å²) in [6.07, 6.45) is 8.52. The van der Waals surface area contributed by atoms with Crippen LogP contribution in [0, 0.1) is 6.92 Å². The van der Waals surface area contributed by atoms with Crippen LogP contribution in [0.4, 0.5) is 0 Å². The van der Waals surface area contributed by atoms with Crippen LogP contribution in [0.25, 0.3) is 0 Å². The van der Waals surface area contributed by atoms with Crippen LogP contribution < -0.4 is 4.74 Å². The largest absolute Gasteiger partial charge is 0.497 e. The number of aryl methyl sites for hydroxylation is 2. The molecule has 0 spiro atoms. The smallest absolute Gasteiger partial charge is 0.126 e. The second kappa shape index (κ2) is 8.19. The fourth-order valence-corrected chi connectivity index (χ4v) is 4.07. The maximum Gasteiger partial charge on any atom is 0.126 e. The molecule has 0 amide bonds. The van der Waals surface area contributed by atoms with Gasteiger partial charge in [0.15, 0.2) is 0 Å². The van der Waals surface area contributed by atoms with Crippen LogP contribution in [0.1, 0.15) is 48.5 Å². The molecule has 0 radical (unpaired) electrons. The highest BCUT2D eigenvalue weighted by atomic mass is 16.5. The summed E-state index contributed by atoms with van der Waals surface area (Å²) in [5.74, 6) is 2.06. The molecule has 2 aromatic heterocycles. The quantitative estimate of drug-likeness (QED) is 0.626. The third-order valence-electron chi connectivity index (χ3n) is 5.64. The molecule has 1 aromatic carbocycles. The van der Waals surface area contributed by atoms with E-state index in [1.54, 1.807) is 7.11 Å². The standard InChI is InChI=1S/C22H29N5O/c1-4-26-15-19(13-24-26)14-25-11-5-6-21(25)22-23-12-17(2)27(22)16-18-7-9-20(28-3)10-8-18/h7-10,12-13,15,21H,4-6,11,14,16H2,1-3H3. The minimum Gasteiger partial charge on any atom is -0.497 e. The molecule has 1 saturated heterocycles. The maximum absolute atomic E-state index is 5.28. The summed E-state index contributed by atoms with van der Waals surface area (Å²) < 4.78 is 9.64. The lowest BCUT2D eigenvalue weighted by molar-refractivity contribution is 0.235. The van der Waals surface area contributed by atoms with Crippen molar-refractivity contribution in [1.82, 2.24) is 24.2 Å². The normalized spacial score (nSPS) is 17.3. The van der Waals surface area contributed by atoms with Gasteiger partial charge in [0.2, 0.25) is 0 Å². The Morgan fingerprint density at radius 2 is 1.93 bits per heavy atom. The van der Waals surface area contributed by atoms with E-state index < -0.39 is 0 Å². The molecule has 4 rings (SSSR count). The number of nitrogens with zero attached hydrogens (tertiary/aromatic N) is 5. The molecule has 1 aliphatic rings. The molecular weight excluding hydrogens is 350 g/mol. The molecule has 28 heavy (non-hydrogen) atoms. The lowest BCUT2D eigenvalue weighted by atomic mass is 10.1. The number of benzene rings is 1. The van der Waals surface area contributed by atoms with Crippen molar-refractivity contribution >= 4 is 0 Å². The van der Waals surface area contributed by atoms with Gasteiger partial charge in [0.05, 0.1) is 19.3 Å². The van der Waals surface area contributed by atoms with E-state index in [0.717, 1.165) is 38.3 Å². The van der Waals surface area contributed by atoms with Crippen molar-refractivity contribution in [2.45, 2.75) is 52.4 Å². The number of ether oxygens (including phenoxy) is 1. The molecule has 1 aliphatic heterocycles. The zero-order valence-corrected chi connectivity index (χ0v) is 17.0. The molecule has 0 bridgehead atoms. The van der Waals surface area contributed by atoms with Gasteiger partial charge >= 0.3 is 0 Å². The Morgan fingerprint density at radius 1 is 1.11 bits per heavy atom. The monoisotopic (exact) mass is 379 g/mol. The highest BCUT2D eigenvalue weighted by Crippen LogP contribution is 2.33. The number of aromatic nitrogens is 4. The van der Waals surface area contributed by atoms with Gasteiger partial charge in [0, 0.05) is 43.3 Å². The van der Waals surface area contributed by atoms with Crippen molar-refractivity contribution in [3.05, 3.63) is 65.5 Å². The molecule has 1 fully saturated rings. The first kappa shape index (κ1) is 18.7. The van der Waals surface area contributed by atoms with E-state index >= 15 is 0 Å². The summed E-state index contributed by atoms with van der Waals surface area (Å²) in [4.78, 5) is 7.36. The molecule has 6 heteroatoms. The van der Waals surface area contributed by atoms with Gasteiger partial charge < -0.3 is 9.30 Å². The van der Waals surface area contributed by atoms with Crippen molar-refractivity contribution in [3.8, 4) is 5.75 Å². The van der Waals surface area contributed by atoms with Crippen LogP contribution in [0.5, 0.6) is 5.75 Å². The first-order valence-corrected chi connectivity index (χ1v) is 10.1. The zero-order valence-electron chi connectivity index (χ0n) is 17.0. The van der Waals surface area contributed by atoms with Gasteiger partial charge in [-0.3, -0.25) is 9.58 Å². The highest BCUT2D eigenvalue weighted by molar-refractivity contribution is 5.28. The lowest BCUT2D eigenvalue weighted by Gasteiger charge is -2.25. The van der Waals surface area contributed by atoms with Crippen molar-refractivity contribution in [1.29, 1.82) is 0 Å². The van der Waals surface area contributed by atoms with Gasteiger partial charge in [-0.1, -0.05) is 12.1 Å². The van der Waals surface area contributed by atoms with Crippen LogP contribution in [0.15, 0.2) is 42.9 Å². The maximum atomic E-state index is 5.28. The Balaban J connectivity index is 1.54. The van der Waals surface area contributed by atoms with Gasteiger partial charge in [0.25, 0.3) is 0 Å². The average Bonchev–Trinajstić information content (AvgIpc) is 3.44. The molecule has 0 N–H and O–H groups in total. The first-order valence-electron chi connectivity index (χ1n) is 10.1. The SMILES string of the molecule is CCn1cc(CN2CCCC2c2ncc(C)n2Cc2ccc(OC)cc2)cn1. The third-order valence-corrected chi connectivity index (χ3v) is 5.64. The van der Waals surface area contributed by atoms with Crippen molar-refractivity contribution in [2.75, 3.05) is 13.7 Å². The highest BCUT2D eigenvalue weighted by Gasteiger charge is 2.30. The van der Waals surface area contributed by atoms with E-state index in [9.17, 15) is 0 Å². The number of imidazole rings is 1. The third kappa shape index (κ3) is 3.83. The van der Waals surface area contributed by atoms with Crippen molar-refractivity contribution in [2.24, 2.45) is 0 Å². The van der Waals surface area contributed by atoms with Gasteiger partial charge in [-0.05, 0) is 50.9 Å². The number of hydrogen-bond acceptors (Lipinski definition) is 4. The molecule has 6 nitrogen and oxygen atoms in total. The zero-order chi connectivity index (χ0) is 19.5. The van der Waals surface area contributed by atoms with E-state index in [1.807, 2.05) is 29.2 Å². The average molecular weight is 380 g/mol. The predicted octanol–water partition coefficient (Wildman–Crippen LogP) is 3.80. The van der Waals surface area contributed by atoms with Crippen LogP contribution in [0.2, 0.25) is 0 Å². The fraction of sp³-hybridized carbons (Fsp3) is 0.455. The first-order chi connectivity index (χ1) is 13.7. The Bertz CT molecular complexity index is 911. The van der Waals surface area contributed by atoms with Crippen LogP contribution in [0.3, 0.4) is 0 Å². The second-order valence-corrected chi connectivity index (χ2v) is 7.52. The molecule has 3 heterocycles. The number of rotatable bonds is 7. The van der Waals surface area contributed by atoms with E-state index in [0.29, 0.717) is 6.04 Å². The lowest BCUT2D eigenvalue weighted by Crippen LogP contribution is -2.25. The van der Waals surface area contributed by atoms with Gasteiger partial charge in [-0.2, -0.15) is 5.10 Å². The van der Waals surface area contributed by atoms with Crippen LogP contribution in [-0.4, -0.2) is 37.9 Å². The van der Waals surface area contributed by atoms with E-state index in [-0.39, 0.29) is 0 Å². The second-order valence-electron chi connectivity index (χ2n) is 7.52. The van der Waals surface area contributed by atoms with Crippen LogP contribution in [-0.2, 0) is 19.6 Å². The summed E-state index contributed by atoms with van der Waals surface area (Å²) >= 11 is 0. The number of likely N-dealkylation sites (tertiary alicyclic amines) is 1. The van der Waals surface area contributed by atoms with Crippen molar-refractivity contribution < 1.29 is 4.74 Å². The number of methoxy groups -OCH3 is 1. The fourth-order valence-electron chi connectivity index (χ4n) is 4.07. The minimum atomic E-state index is 0.358. The Labute approximate surface area is 166 Å². The Morgan fingerprint density at radius 3 is 2.64 bits per heavy atom. The predicted molar refractivity (Wildman–Crippen MR) is 109 cm³/mol. The molecule has 3 aromatic rings. The topological polar surface area (TPSA) is 48.1 Å². The molecule has 0 aliphatic carbocycles. The Hall–Kier alpha value is -2.60. The van der Waals surface area contributed by atoms with Gasteiger partial charge in [0.1, 0.15) is 11.6 Å². The summed E-state index contributed by atoms with van der Waals surface area (Å²) in [6.45, 7) is 8.05. The van der Waals surface area contributed by atoms with E-state index in [4.69, 9.17) is 9.72 Å². The minimum absolute atomic E-state index is 0.358. The van der Waals surface area contributed by atoms with Crippen LogP contribution >= 0.6 is 0 Å². The van der Waals surface area contributed by atoms with Gasteiger partial charge in [-0.15, -0.1) is 0 Å². The van der Waals surface area contributed by atoms with Crippen molar-refractivity contribution in [3.63, 3.8) is 0 Å². The Kier molecular flexibility index (Phi) is 5.48. The molecule has 1 atom stereocenters. The summed E-state index contributed by atoms with van der Waals surface area (Å²) in [6, 6.07) is 8.67. The van der Waals surface area contributed by atoms with Gasteiger partial charge in [-0.25, -0.2) is 4.98 Å². The molecule has 0 saturated carbocycles.